The van der Waals surface area contributed by atoms with Gasteiger partial charge in [0.05, 0.1) is 11.9 Å². The molecule has 6 heteroatoms. The SMILES string of the molecule is CCCn1cc(-n2cc(-c3cnc(CC4CCCC4)nc3)cn2)ccc1=O. The predicted octanol–water partition coefficient (Wildman–Crippen LogP) is 3.63. The number of hydrogen-bond donors (Lipinski definition) is 0. The summed E-state index contributed by atoms with van der Waals surface area (Å²) in [4.78, 5) is 21.0. The van der Waals surface area contributed by atoms with Crippen molar-refractivity contribution in [2.45, 2.75) is 52.0 Å². The highest BCUT2D eigenvalue weighted by molar-refractivity contribution is 5.60. The quantitative estimate of drug-likeness (QED) is 0.671. The summed E-state index contributed by atoms with van der Waals surface area (Å²) < 4.78 is 3.50. The van der Waals surface area contributed by atoms with Gasteiger partial charge in [-0.05, 0) is 18.4 Å². The molecule has 140 valence electrons. The lowest BCUT2D eigenvalue weighted by Gasteiger charge is -2.07. The molecular weight excluding hydrogens is 338 g/mol. The molecule has 0 aromatic carbocycles. The zero-order chi connectivity index (χ0) is 18.6. The van der Waals surface area contributed by atoms with E-state index in [0.29, 0.717) is 6.54 Å². The molecule has 27 heavy (non-hydrogen) atoms. The van der Waals surface area contributed by atoms with Crippen LogP contribution >= 0.6 is 0 Å². The Bertz CT molecular complexity index is 951. The minimum absolute atomic E-state index is 0.0132. The van der Waals surface area contributed by atoms with E-state index in [-0.39, 0.29) is 5.56 Å². The van der Waals surface area contributed by atoms with Crippen LogP contribution in [0.2, 0.25) is 0 Å². The minimum atomic E-state index is 0.0132. The summed E-state index contributed by atoms with van der Waals surface area (Å²) in [7, 11) is 0. The first-order chi connectivity index (χ1) is 13.2. The molecule has 0 aliphatic heterocycles. The van der Waals surface area contributed by atoms with Crippen LogP contribution in [0.4, 0.5) is 0 Å². The van der Waals surface area contributed by atoms with Gasteiger partial charge in [-0.15, -0.1) is 0 Å². The molecule has 0 unspecified atom stereocenters. The van der Waals surface area contributed by atoms with Gasteiger partial charge in [0.2, 0.25) is 0 Å². The molecule has 0 radical (unpaired) electrons. The van der Waals surface area contributed by atoms with E-state index in [1.807, 2.05) is 31.0 Å². The van der Waals surface area contributed by atoms with Crippen LogP contribution in [0.15, 0.2) is 47.9 Å². The van der Waals surface area contributed by atoms with E-state index in [4.69, 9.17) is 0 Å². The molecule has 3 aromatic heterocycles. The predicted molar refractivity (Wildman–Crippen MR) is 105 cm³/mol. The van der Waals surface area contributed by atoms with Crippen molar-refractivity contribution in [1.29, 1.82) is 0 Å². The third-order valence-corrected chi connectivity index (χ3v) is 5.26. The second-order valence-electron chi connectivity index (χ2n) is 7.34. The Morgan fingerprint density at radius 2 is 1.81 bits per heavy atom. The number of nitrogens with zero attached hydrogens (tertiary/aromatic N) is 5. The summed E-state index contributed by atoms with van der Waals surface area (Å²) in [6.45, 7) is 2.76. The topological polar surface area (TPSA) is 65.6 Å². The van der Waals surface area contributed by atoms with E-state index in [2.05, 4.69) is 22.0 Å². The van der Waals surface area contributed by atoms with Gasteiger partial charge in [-0.3, -0.25) is 4.79 Å². The van der Waals surface area contributed by atoms with Crippen LogP contribution < -0.4 is 5.56 Å². The van der Waals surface area contributed by atoms with Crippen molar-refractivity contribution in [3.63, 3.8) is 0 Å². The molecule has 3 aromatic rings. The molecule has 4 rings (SSSR count). The van der Waals surface area contributed by atoms with Gasteiger partial charge in [0.1, 0.15) is 5.82 Å². The molecule has 6 nitrogen and oxygen atoms in total. The molecule has 1 aliphatic rings. The molecule has 0 spiro atoms. The second kappa shape index (κ2) is 7.86. The van der Waals surface area contributed by atoms with Crippen LogP contribution in [0.3, 0.4) is 0 Å². The first-order valence-corrected chi connectivity index (χ1v) is 9.80. The highest BCUT2D eigenvalue weighted by Crippen LogP contribution is 2.27. The van der Waals surface area contributed by atoms with Crippen LogP contribution in [0.1, 0.15) is 44.9 Å². The van der Waals surface area contributed by atoms with Gasteiger partial charge < -0.3 is 4.57 Å². The summed E-state index contributed by atoms with van der Waals surface area (Å²) >= 11 is 0. The monoisotopic (exact) mass is 363 g/mol. The van der Waals surface area contributed by atoms with Crippen LogP contribution in [-0.4, -0.2) is 24.3 Å². The van der Waals surface area contributed by atoms with Gasteiger partial charge in [0.15, 0.2) is 0 Å². The maximum absolute atomic E-state index is 11.9. The lowest BCUT2D eigenvalue weighted by atomic mass is 10.0. The van der Waals surface area contributed by atoms with Crippen molar-refractivity contribution >= 4 is 0 Å². The van der Waals surface area contributed by atoms with Crippen molar-refractivity contribution in [1.82, 2.24) is 24.3 Å². The third kappa shape index (κ3) is 3.99. The lowest BCUT2D eigenvalue weighted by Crippen LogP contribution is -2.19. The zero-order valence-corrected chi connectivity index (χ0v) is 15.7. The number of rotatable bonds is 6. The fraction of sp³-hybridized carbons (Fsp3) is 0.429. The van der Waals surface area contributed by atoms with Gasteiger partial charge in [-0.2, -0.15) is 5.10 Å². The summed E-state index contributed by atoms with van der Waals surface area (Å²) in [6.07, 6.45) is 16.6. The number of hydrogen-bond acceptors (Lipinski definition) is 4. The van der Waals surface area contributed by atoms with Crippen LogP contribution in [0, 0.1) is 5.92 Å². The normalized spacial score (nSPS) is 14.7. The van der Waals surface area contributed by atoms with Crippen molar-refractivity contribution in [3.8, 4) is 16.8 Å². The van der Waals surface area contributed by atoms with Crippen LogP contribution in [-0.2, 0) is 13.0 Å². The Morgan fingerprint density at radius 1 is 1.04 bits per heavy atom. The fourth-order valence-corrected chi connectivity index (χ4v) is 3.76. The highest BCUT2D eigenvalue weighted by Gasteiger charge is 2.16. The van der Waals surface area contributed by atoms with E-state index in [1.165, 1.54) is 25.7 Å². The minimum Gasteiger partial charge on any atom is -0.313 e. The Balaban J connectivity index is 1.52. The maximum atomic E-state index is 11.9. The average molecular weight is 363 g/mol. The van der Waals surface area contributed by atoms with Gasteiger partial charge >= 0.3 is 0 Å². The van der Waals surface area contributed by atoms with E-state index >= 15 is 0 Å². The maximum Gasteiger partial charge on any atom is 0.250 e. The van der Waals surface area contributed by atoms with E-state index in [9.17, 15) is 4.79 Å². The molecule has 0 saturated heterocycles. The van der Waals surface area contributed by atoms with Gasteiger partial charge in [-0.1, -0.05) is 32.6 Å². The number of pyridine rings is 1. The average Bonchev–Trinajstić information content (AvgIpc) is 3.37. The van der Waals surface area contributed by atoms with Crippen molar-refractivity contribution < 1.29 is 0 Å². The van der Waals surface area contributed by atoms with Crippen molar-refractivity contribution in [2.75, 3.05) is 0 Å². The van der Waals surface area contributed by atoms with Gasteiger partial charge in [0, 0.05) is 54.9 Å². The molecule has 1 aliphatic carbocycles. The van der Waals surface area contributed by atoms with Crippen molar-refractivity contribution in [2.24, 2.45) is 5.92 Å². The summed E-state index contributed by atoms with van der Waals surface area (Å²) in [6, 6.07) is 3.39. The Morgan fingerprint density at radius 3 is 2.56 bits per heavy atom. The highest BCUT2D eigenvalue weighted by atomic mass is 16.1. The van der Waals surface area contributed by atoms with E-state index in [1.54, 1.807) is 21.4 Å². The molecule has 1 saturated carbocycles. The molecule has 0 bridgehead atoms. The van der Waals surface area contributed by atoms with E-state index < -0.39 is 0 Å². The lowest BCUT2D eigenvalue weighted by molar-refractivity contribution is 0.530. The Kier molecular flexibility index (Phi) is 5.14. The first-order valence-electron chi connectivity index (χ1n) is 9.80. The molecular formula is C21H25N5O. The van der Waals surface area contributed by atoms with Gasteiger partial charge in [0.25, 0.3) is 5.56 Å². The largest absolute Gasteiger partial charge is 0.313 e. The summed E-state index contributed by atoms with van der Waals surface area (Å²) in [5.41, 5.74) is 2.81. The van der Waals surface area contributed by atoms with E-state index in [0.717, 1.165) is 41.4 Å². The number of aryl methyl sites for hydroxylation is 1. The van der Waals surface area contributed by atoms with Crippen LogP contribution in [0.25, 0.3) is 16.8 Å². The Hall–Kier alpha value is -2.76. The summed E-state index contributed by atoms with van der Waals surface area (Å²) in [5.74, 6) is 1.68. The molecule has 1 fully saturated rings. The first kappa shape index (κ1) is 17.6. The standard InChI is InChI=1S/C21H25N5O/c1-2-9-25-15-19(7-8-21(25)27)26-14-18(13-24-26)17-11-22-20(23-12-17)10-16-5-3-4-6-16/h7-8,11-16H,2-6,9-10H2,1H3. The second-order valence-corrected chi connectivity index (χ2v) is 7.34. The zero-order valence-electron chi connectivity index (χ0n) is 15.7. The fourth-order valence-electron chi connectivity index (χ4n) is 3.76. The molecule has 0 atom stereocenters. The smallest absolute Gasteiger partial charge is 0.250 e. The summed E-state index contributed by atoms with van der Waals surface area (Å²) in [5, 5.41) is 4.45. The molecule has 0 amide bonds. The Labute approximate surface area is 158 Å². The van der Waals surface area contributed by atoms with Crippen LogP contribution in [0.5, 0.6) is 0 Å². The number of aromatic nitrogens is 5. The molecule has 3 heterocycles. The third-order valence-electron chi connectivity index (χ3n) is 5.26. The van der Waals surface area contributed by atoms with Crippen molar-refractivity contribution in [3.05, 3.63) is 59.3 Å². The van der Waals surface area contributed by atoms with Gasteiger partial charge in [-0.25, -0.2) is 14.6 Å². The molecule has 0 N–H and O–H groups in total.